The number of aromatic nitrogens is 6. The standard InChI is InChI=1S/C10H7ClN6S/c11-8-7(18)9(16-5-1-3-12-16)15-10(14-8)17-6-2-4-13-17/h1-6,18H. The minimum atomic E-state index is 0.254. The van der Waals surface area contributed by atoms with Gasteiger partial charge in [-0.15, -0.1) is 12.6 Å². The van der Waals surface area contributed by atoms with Gasteiger partial charge < -0.3 is 0 Å². The molecule has 0 aliphatic rings. The largest absolute Gasteiger partial charge is 0.254 e. The molecule has 0 saturated carbocycles. The lowest BCUT2D eigenvalue weighted by atomic mass is 10.5. The first-order chi connectivity index (χ1) is 8.75. The smallest absolute Gasteiger partial charge is 0.221 e. The summed E-state index contributed by atoms with van der Waals surface area (Å²) in [6, 6.07) is 3.57. The van der Waals surface area contributed by atoms with Gasteiger partial charge in [0.05, 0.1) is 4.90 Å². The minimum absolute atomic E-state index is 0.254. The van der Waals surface area contributed by atoms with Crippen molar-refractivity contribution in [1.29, 1.82) is 0 Å². The second-order valence-corrected chi connectivity index (χ2v) is 4.19. The highest BCUT2D eigenvalue weighted by Crippen LogP contribution is 2.24. The van der Waals surface area contributed by atoms with Crippen LogP contribution in [-0.2, 0) is 0 Å². The van der Waals surface area contributed by atoms with Crippen LogP contribution >= 0.6 is 24.2 Å². The Hall–Kier alpha value is -1.86. The fourth-order valence-corrected chi connectivity index (χ4v) is 1.81. The van der Waals surface area contributed by atoms with E-state index in [4.69, 9.17) is 11.6 Å². The van der Waals surface area contributed by atoms with Gasteiger partial charge >= 0.3 is 0 Å². The lowest BCUT2D eigenvalue weighted by Crippen LogP contribution is -2.08. The Morgan fingerprint density at radius 1 is 1.00 bits per heavy atom. The van der Waals surface area contributed by atoms with Crippen LogP contribution < -0.4 is 0 Å². The zero-order valence-electron chi connectivity index (χ0n) is 8.97. The number of halogens is 1. The third kappa shape index (κ3) is 1.87. The Bertz CT molecular complexity index is 664. The predicted molar refractivity (Wildman–Crippen MR) is 68.5 cm³/mol. The van der Waals surface area contributed by atoms with Crippen molar-refractivity contribution in [1.82, 2.24) is 29.5 Å². The lowest BCUT2D eigenvalue weighted by molar-refractivity contribution is 0.758. The van der Waals surface area contributed by atoms with Crippen molar-refractivity contribution in [3.63, 3.8) is 0 Å². The normalized spacial score (nSPS) is 10.8. The van der Waals surface area contributed by atoms with Crippen LogP contribution in [0.3, 0.4) is 0 Å². The molecule has 0 amide bonds. The van der Waals surface area contributed by atoms with E-state index in [1.165, 1.54) is 4.68 Å². The molecule has 0 radical (unpaired) electrons. The van der Waals surface area contributed by atoms with Crippen molar-refractivity contribution in [3.05, 3.63) is 42.1 Å². The van der Waals surface area contributed by atoms with E-state index in [1.54, 1.807) is 41.6 Å². The van der Waals surface area contributed by atoms with Gasteiger partial charge in [0.15, 0.2) is 5.82 Å². The topological polar surface area (TPSA) is 61.4 Å². The molecule has 90 valence electrons. The zero-order valence-corrected chi connectivity index (χ0v) is 10.6. The Morgan fingerprint density at radius 2 is 1.67 bits per heavy atom. The molecule has 3 aromatic rings. The molecule has 3 rings (SSSR count). The second-order valence-electron chi connectivity index (χ2n) is 3.39. The predicted octanol–water partition coefficient (Wildman–Crippen LogP) is 1.79. The second kappa shape index (κ2) is 4.43. The van der Waals surface area contributed by atoms with Crippen molar-refractivity contribution < 1.29 is 0 Å². The van der Waals surface area contributed by atoms with Crippen LogP contribution in [-0.4, -0.2) is 29.5 Å². The number of thiol groups is 1. The van der Waals surface area contributed by atoms with Gasteiger partial charge in [-0.25, -0.2) is 9.36 Å². The Balaban J connectivity index is 2.20. The number of hydrogen-bond donors (Lipinski definition) is 1. The van der Waals surface area contributed by atoms with Crippen molar-refractivity contribution in [3.8, 4) is 11.8 Å². The van der Waals surface area contributed by atoms with E-state index in [2.05, 4.69) is 32.8 Å². The van der Waals surface area contributed by atoms with E-state index in [-0.39, 0.29) is 5.15 Å². The van der Waals surface area contributed by atoms with E-state index >= 15 is 0 Å². The SMILES string of the molecule is Sc1c(Cl)nc(-n2cccn2)nc1-n1cccn1. The van der Waals surface area contributed by atoms with Crippen molar-refractivity contribution in [2.24, 2.45) is 0 Å². The average molecular weight is 279 g/mol. The lowest BCUT2D eigenvalue weighted by Gasteiger charge is -2.08. The maximum atomic E-state index is 6.04. The van der Waals surface area contributed by atoms with E-state index in [9.17, 15) is 0 Å². The monoisotopic (exact) mass is 278 g/mol. The van der Waals surface area contributed by atoms with Crippen LogP contribution in [0.1, 0.15) is 0 Å². The van der Waals surface area contributed by atoms with Crippen molar-refractivity contribution in [2.75, 3.05) is 0 Å². The molecule has 0 unspecified atom stereocenters. The number of hydrogen-bond acceptors (Lipinski definition) is 5. The number of rotatable bonds is 2. The molecule has 6 nitrogen and oxygen atoms in total. The maximum absolute atomic E-state index is 6.04. The molecular formula is C10H7ClN6S. The van der Waals surface area contributed by atoms with Crippen LogP contribution in [0.2, 0.25) is 5.15 Å². The van der Waals surface area contributed by atoms with Crippen LogP contribution in [0.5, 0.6) is 0 Å². The zero-order chi connectivity index (χ0) is 12.5. The molecule has 18 heavy (non-hydrogen) atoms. The van der Waals surface area contributed by atoms with E-state index in [1.807, 2.05) is 0 Å². The molecule has 0 atom stereocenters. The molecule has 3 aromatic heterocycles. The number of nitrogens with zero attached hydrogens (tertiary/aromatic N) is 6. The highest BCUT2D eigenvalue weighted by atomic mass is 35.5. The molecule has 0 aromatic carbocycles. The van der Waals surface area contributed by atoms with Gasteiger partial charge in [-0.3, -0.25) is 0 Å². The summed E-state index contributed by atoms with van der Waals surface area (Å²) in [7, 11) is 0. The molecule has 0 aliphatic carbocycles. The Kier molecular flexibility index (Phi) is 2.77. The van der Waals surface area contributed by atoms with Gasteiger partial charge in [-0.2, -0.15) is 20.2 Å². The summed E-state index contributed by atoms with van der Waals surface area (Å²) >= 11 is 10.3. The van der Waals surface area contributed by atoms with E-state index < -0.39 is 0 Å². The molecule has 0 saturated heterocycles. The van der Waals surface area contributed by atoms with Gasteiger partial charge in [0.1, 0.15) is 5.15 Å². The van der Waals surface area contributed by atoms with Crippen LogP contribution in [0, 0.1) is 0 Å². The van der Waals surface area contributed by atoms with Crippen LogP contribution in [0.15, 0.2) is 41.8 Å². The molecule has 3 heterocycles. The van der Waals surface area contributed by atoms with Crippen molar-refractivity contribution >= 4 is 24.2 Å². The third-order valence-electron chi connectivity index (χ3n) is 2.24. The Labute approximate surface area is 113 Å². The first kappa shape index (κ1) is 11.2. The molecule has 0 bridgehead atoms. The highest BCUT2D eigenvalue weighted by Gasteiger charge is 2.13. The summed E-state index contributed by atoms with van der Waals surface area (Å²) in [6.07, 6.45) is 6.78. The summed E-state index contributed by atoms with van der Waals surface area (Å²) in [5.74, 6) is 0.877. The molecular weight excluding hydrogens is 272 g/mol. The van der Waals surface area contributed by atoms with Gasteiger partial charge in [0, 0.05) is 24.8 Å². The average Bonchev–Trinajstić information content (AvgIpc) is 3.03. The van der Waals surface area contributed by atoms with Gasteiger partial charge in [-0.05, 0) is 12.1 Å². The fourth-order valence-electron chi connectivity index (χ4n) is 1.45. The summed E-state index contributed by atoms with van der Waals surface area (Å²) in [5.41, 5.74) is 0. The summed E-state index contributed by atoms with van der Waals surface area (Å²) in [6.45, 7) is 0. The van der Waals surface area contributed by atoms with Crippen LogP contribution in [0.4, 0.5) is 0 Å². The third-order valence-corrected chi connectivity index (χ3v) is 3.06. The summed E-state index contributed by atoms with van der Waals surface area (Å²) in [4.78, 5) is 8.94. The maximum Gasteiger partial charge on any atom is 0.254 e. The molecule has 0 spiro atoms. The molecule has 0 aliphatic heterocycles. The van der Waals surface area contributed by atoms with E-state index in [0.717, 1.165) is 0 Å². The van der Waals surface area contributed by atoms with Gasteiger partial charge in [0.2, 0.25) is 0 Å². The molecule has 0 N–H and O–H groups in total. The summed E-state index contributed by atoms with van der Waals surface area (Å²) < 4.78 is 3.09. The summed E-state index contributed by atoms with van der Waals surface area (Å²) in [5, 5.41) is 8.41. The quantitative estimate of drug-likeness (QED) is 0.573. The minimum Gasteiger partial charge on any atom is -0.221 e. The van der Waals surface area contributed by atoms with Crippen LogP contribution in [0.25, 0.3) is 11.8 Å². The van der Waals surface area contributed by atoms with Crippen molar-refractivity contribution in [2.45, 2.75) is 4.90 Å². The first-order valence-corrected chi connectivity index (χ1v) is 5.85. The van der Waals surface area contributed by atoms with Gasteiger partial charge in [-0.1, -0.05) is 11.6 Å². The molecule has 8 heteroatoms. The Morgan fingerprint density at radius 3 is 2.28 bits per heavy atom. The fraction of sp³-hybridized carbons (Fsp3) is 0. The first-order valence-electron chi connectivity index (χ1n) is 5.02. The highest BCUT2D eigenvalue weighted by molar-refractivity contribution is 7.80. The van der Waals surface area contributed by atoms with Gasteiger partial charge in [0.25, 0.3) is 5.95 Å². The van der Waals surface area contributed by atoms with E-state index in [0.29, 0.717) is 16.7 Å². The molecule has 0 fully saturated rings.